The molecule has 2 aromatic carbocycles. The van der Waals surface area contributed by atoms with Gasteiger partial charge in [0.05, 0.1) is 0 Å². The van der Waals surface area contributed by atoms with Gasteiger partial charge in [0.2, 0.25) is 0 Å². The van der Waals surface area contributed by atoms with Gasteiger partial charge in [-0.3, -0.25) is 0 Å². The Kier molecular flexibility index (Phi) is 9.65. The average molecular weight is 429 g/mol. The monoisotopic (exact) mass is 429 g/mol. The zero-order valence-corrected chi connectivity index (χ0v) is 21.2. The molecule has 0 amide bonds. The number of nitrogens with zero attached hydrogens (tertiary/aromatic N) is 1. The second-order valence-electron chi connectivity index (χ2n) is 6.67. The summed E-state index contributed by atoms with van der Waals surface area (Å²) in [6.45, 7) is 1.83. The number of phenols is 2. The van der Waals surface area contributed by atoms with Crippen LogP contribution in [0.5, 0.6) is 11.5 Å². The third-order valence-electron chi connectivity index (χ3n) is 4.68. The zero-order valence-electron chi connectivity index (χ0n) is 17.2. The third kappa shape index (κ3) is 5.03. The second kappa shape index (κ2) is 11.5. The number of phenolic OH excluding ortho intramolecular Hbond substituents is 2. The standard InChI is InChI=1S/C20H21N3O5.2Na/c1-2-22-11-3-4-12(23-8-7-21-9-10-24)16-15(11)19(27)17-13(25)5-6-14(26)18(17)20(16)28;;/h3-6,22-26H,1-2,7-10H2;;/q-1;;+1. The Balaban J connectivity index is 0.00000320. The summed E-state index contributed by atoms with van der Waals surface area (Å²) in [6, 6.07) is 5.87. The number of aliphatic hydroxyl groups excluding tert-OH is 1. The van der Waals surface area contributed by atoms with E-state index >= 15 is 0 Å². The molecule has 0 saturated carbocycles. The molecule has 0 fully saturated rings. The topological polar surface area (TPSA) is 133 Å². The molecule has 3 rings (SSSR count). The number of benzene rings is 2. The van der Waals surface area contributed by atoms with Gasteiger partial charge in [0, 0.05) is 6.61 Å². The van der Waals surface area contributed by atoms with Gasteiger partial charge in [-0.1, -0.05) is 0 Å². The summed E-state index contributed by atoms with van der Waals surface area (Å²) in [5.74, 6) is -1.71. The van der Waals surface area contributed by atoms with Gasteiger partial charge in [-0.2, -0.15) is 0 Å². The van der Waals surface area contributed by atoms with Crippen molar-refractivity contribution < 1.29 is 54.5 Å². The molecule has 2 aromatic rings. The van der Waals surface area contributed by atoms with E-state index < -0.39 is 11.6 Å². The van der Waals surface area contributed by atoms with Crippen LogP contribution in [0, 0.1) is 0 Å². The van der Waals surface area contributed by atoms with Crippen LogP contribution in [0.1, 0.15) is 31.8 Å². The van der Waals surface area contributed by atoms with Gasteiger partial charge >= 0.3 is 204 Å². The number of fused-ring (bicyclic) bond motifs is 2. The number of hydrogen-bond acceptors (Lipinski definition) is 7. The summed E-state index contributed by atoms with van der Waals surface area (Å²) in [4.78, 5) is 26.5. The van der Waals surface area contributed by atoms with E-state index in [0.29, 0.717) is 37.6 Å². The Morgan fingerprint density at radius 3 is 1.77 bits per heavy atom. The molecular formula is C20H21N3Na2O5. The molecule has 1 aliphatic rings. The largest absolute Gasteiger partial charge is 1.00 e. The molecular weight excluding hydrogens is 408 g/mol. The first-order valence-corrected chi connectivity index (χ1v) is 11.0. The summed E-state index contributed by atoms with van der Waals surface area (Å²) in [5.41, 5.74) is 0.988. The molecule has 0 saturated heterocycles. The van der Waals surface area contributed by atoms with Gasteiger partial charge in [0.25, 0.3) is 0 Å². The van der Waals surface area contributed by atoms with E-state index in [-0.39, 0.29) is 69.9 Å². The molecule has 0 aliphatic heterocycles. The van der Waals surface area contributed by atoms with Crippen molar-refractivity contribution >= 4 is 50.9 Å². The van der Waals surface area contributed by atoms with Crippen LogP contribution in [-0.2, 0) is 0 Å². The van der Waals surface area contributed by atoms with E-state index in [9.17, 15) is 19.8 Å². The fourth-order valence-electron chi connectivity index (χ4n) is 3.37. The molecule has 30 heavy (non-hydrogen) atoms. The van der Waals surface area contributed by atoms with Crippen LogP contribution in [0.3, 0.4) is 0 Å². The Hall–Kier alpha value is -1.10. The quantitative estimate of drug-likeness (QED) is 0.161. The Morgan fingerprint density at radius 1 is 0.800 bits per heavy atom. The normalized spacial score (nSPS) is 12.1. The van der Waals surface area contributed by atoms with Crippen molar-refractivity contribution in [2.45, 2.75) is 3.67 Å². The SMILES string of the molecule is O=C1c2c(O)ccc(O)c2C(=O)c2c(NCC[N-]CCO)ccc(NC[CH2][Na])c21.[Na+]. The van der Waals surface area contributed by atoms with Gasteiger partial charge < -0.3 is 5.11 Å². The van der Waals surface area contributed by atoms with Gasteiger partial charge in [-0.05, 0) is 0 Å². The predicted octanol–water partition coefficient (Wildman–Crippen LogP) is -1.35. The zero-order chi connectivity index (χ0) is 21.0. The summed E-state index contributed by atoms with van der Waals surface area (Å²) in [5, 5.41) is 39.7. The fraction of sp³-hybridized carbons (Fsp3) is 0.300. The summed E-state index contributed by atoms with van der Waals surface area (Å²) >= 11 is 0.995. The van der Waals surface area contributed by atoms with Crippen molar-refractivity contribution in [3.63, 3.8) is 0 Å². The Bertz CT molecular complexity index is 953. The van der Waals surface area contributed by atoms with Crippen LogP contribution in [0.2, 0.25) is 3.67 Å². The molecule has 0 atom stereocenters. The van der Waals surface area contributed by atoms with E-state index in [0.717, 1.165) is 31.6 Å². The number of carbonyl (C=O) groups excluding carboxylic acids is 2. The molecule has 0 aromatic heterocycles. The van der Waals surface area contributed by atoms with Crippen LogP contribution < -0.4 is 40.2 Å². The number of aromatic hydroxyl groups is 2. The minimum atomic E-state index is -0.521. The van der Waals surface area contributed by atoms with Crippen molar-refractivity contribution in [2.75, 3.05) is 43.4 Å². The van der Waals surface area contributed by atoms with Gasteiger partial charge in [0.15, 0.2) is 0 Å². The first-order valence-electron chi connectivity index (χ1n) is 9.54. The maximum absolute atomic E-state index is 13.3. The van der Waals surface area contributed by atoms with E-state index in [2.05, 4.69) is 16.0 Å². The molecule has 148 valence electrons. The Labute approximate surface area is 214 Å². The van der Waals surface area contributed by atoms with Crippen molar-refractivity contribution in [3.05, 3.63) is 51.8 Å². The maximum atomic E-state index is 13.3. The van der Waals surface area contributed by atoms with Crippen LogP contribution in [-0.4, -0.2) is 87.6 Å². The smallest absolute Gasteiger partial charge is 1.00 e. The van der Waals surface area contributed by atoms with Crippen molar-refractivity contribution in [1.29, 1.82) is 0 Å². The van der Waals surface area contributed by atoms with E-state index in [1.807, 2.05) is 0 Å². The Morgan fingerprint density at radius 2 is 1.30 bits per heavy atom. The van der Waals surface area contributed by atoms with Gasteiger partial charge in [0.1, 0.15) is 0 Å². The number of nitrogens with one attached hydrogen (secondary N) is 2. The molecule has 0 heterocycles. The summed E-state index contributed by atoms with van der Waals surface area (Å²) < 4.78 is 0.964. The molecule has 5 N–H and O–H groups in total. The summed E-state index contributed by atoms with van der Waals surface area (Å²) in [6.07, 6.45) is 0. The molecule has 0 unspecified atom stereocenters. The fourth-order valence-corrected chi connectivity index (χ4v) is 3.62. The van der Waals surface area contributed by atoms with Crippen molar-refractivity contribution in [2.24, 2.45) is 0 Å². The van der Waals surface area contributed by atoms with E-state index in [4.69, 9.17) is 5.11 Å². The van der Waals surface area contributed by atoms with Crippen LogP contribution in [0.15, 0.2) is 24.3 Å². The van der Waals surface area contributed by atoms with Crippen LogP contribution in [0.25, 0.3) is 5.32 Å². The first-order chi connectivity index (χ1) is 14.0. The number of rotatable bonds is 9. The second-order valence-corrected chi connectivity index (χ2v) is 7.67. The number of ketones is 2. The molecule has 0 spiro atoms. The maximum Gasteiger partial charge on any atom is 1.00 e. The third-order valence-corrected chi connectivity index (χ3v) is 5.18. The number of carbonyl (C=O) groups is 2. The van der Waals surface area contributed by atoms with Crippen molar-refractivity contribution in [1.82, 2.24) is 0 Å². The van der Waals surface area contributed by atoms with Gasteiger partial charge in [-0.25, -0.2) is 0 Å². The van der Waals surface area contributed by atoms with E-state index in [1.54, 1.807) is 12.1 Å². The van der Waals surface area contributed by atoms with Gasteiger partial charge in [-0.15, -0.1) is 0 Å². The van der Waals surface area contributed by atoms with Crippen LogP contribution >= 0.6 is 0 Å². The number of aliphatic hydroxyl groups is 1. The molecule has 0 radical (unpaired) electrons. The minimum Gasteiger partial charge on any atom is 1.00 e. The predicted molar refractivity (Wildman–Crippen MR) is 111 cm³/mol. The molecule has 10 heteroatoms. The van der Waals surface area contributed by atoms with Crippen molar-refractivity contribution in [3.8, 4) is 11.5 Å². The average Bonchev–Trinajstić information content (AvgIpc) is 2.71. The minimum absolute atomic E-state index is 0. The molecule has 1 aliphatic carbocycles. The molecule has 8 nitrogen and oxygen atoms in total. The number of hydrogen-bond donors (Lipinski definition) is 5. The number of anilines is 2. The van der Waals surface area contributed by atoms with E-state index in [1.165, 1.54) is 12.1 Å². The first kappa shape index (κ1) is 25.2. The van der Waals surface area contributed by atoms with Crippen LogP contribution in [0.4, 0.5) is 11.4 Å². The summed E-state index contributed by atoms with van der Waals surface area (Å²) in [7, 11) is 0. The molecule has 0 bridgehead atoms.